The average molecular weight is 304 g/mol. The van der Waals surface area contributed by atoms with Gasteiger partial charge in [0, 0.05) is 23.5 Å². The van der Waals surface area contributed by atoms with Gasteiger partial charge in [-0.3, -0.25) is 0 Å². The average Bonchev–Trinajstić information content (AvgIpc) is 3.21. The third-order valence-electron chi connectivity index (χ3n) is 3.90. The third-order valence-corrected chi connectivity index (χ3v) is 3.90. The number of hydrogen-bond donors (Lipinski definition) is 1. The van der Waals surface area contributed by atoms with Gasteiger partial charge in [-0.2, -0.15) is 0 Å². The fourth-order valence-corrected chi connectivity index (χ4v) is 2.62. The molecule has 0 amide bonds. The summed E-state index contributed by atoms with van der Waals surface area (Å²) in [6.45, 7) is 1.98. The molecule has 0 radical (unpaired) electrons. The van der Waals surface area contributed by atoms with E-state index in [-0.39, 0.29) is 6.61 Å². The standard InChI is InChI=1S/C19H16N2O2/c1-13-2-4-14(5-3-13)17-11-21-10-15(6-9-19(21)20-17)18-8-7-16(12-22)23-18/h2-11,22H,12H2,1H3. The predicted octanol–water partition coefficient (Wildman–Crippen LogP) is 4.06. The number of aliphatic hydroxyl groups excluding tert-OH is 1. The molecule has 114 valence electrons. The van der Waals surface area contributed by atoms with Gasteiger partial charge in [-0.25, -0.2) is 4.98 Å². The Bertz CT molecular complexity index is 965. The molecule has 4 rings (SSSR count). The molecular weight excluding hydrogens is 288 g/mol. The van der Waals surface area contributed by atoms with Crippen LogP contribution in [-0.2, 0) is 6.61 Å². The minimum absolute atomic E-state index is 0.0924. The number of nitrogens with zero attached hydrogens (tertiary/aromatic N) is 2. The largest absolute Gasteiger partial charge is 0.459 e. The summed E-state index contributed by atoms with van der Waals surface area (Å²) in [5, 5.41) is 9.11. The molecule has 0 fully saturated rings. The van der Waals surface area contributed by atoms with Crippen molar-refractivity contribution >= 4 is 5.65 Å². The van der Waals surface area contributed by atoms with Crippen molar-refractivity contribution in [1.29, 1.82) is 0 Å². The van der Waals surface area contributed by atoms with E-state index in [2.05, 4.69) is 36.2 Å². The molecule has 0 saturated heterocycles. The Labute approximate surface area is 133 Å². The van der Waals surface area contributed by atoms with E-state index in [0.717, 1.165) is 28.2 Å². The van der Waals surface area contributed by atoms with Gasteiger partial charge in [-0.1, -0.05) is 29.8 Å². The van der Waals surface area contributed by atoms with Crippen LogP contribution in [0.2, 0.25) is 0 Å². The van der Waals surface area contributed by atoms with Crippen molar-refractivity contribution in [3.8, 4) is 22.6 Å². The maximum Gasteiger partial charge on any atom is 0.137 e. The Kier molecular flexibility index (Phi) is 3.24. The fourth-order valence-electron chi connectivity index (χ4n) is 2.62. The van der Waals surface area contributed by atoms with Crippen LogP contribution >= 0.6 is 0 Å². The van der Waals surface area contributed by atoms with Crippen LogP contribution in [0.3, 0.4) is 0 Å². The molecule has 3 aromatic heterocycles. The number of hydrogen-bond acceptors (Lipinski definition) is 3. The van der Waals surface area contributed by atoms with Gasteiger partial charge in [-0.05, 0) is 31.2 Å². The summed E-state index contributed by atoms with van der Waals surface area (Å²) in [6.07, 6.45) is 4.00. The van der Waals surface area contributed by atoms with Gasteiger partial charge in [0.05, 0.1) is 5.69 Å². The molecule has 0 aliphatic rings. The summed E-state index contributed by atoms with van der Waals surface area (Å²) in [5.74, 6) is 1.30. The minimum atomic E-state index is -0.0924. The number of aliphatic hydroxyl groups is 1. The van der Waals surface area contributed by atoms with Gasteiger partial charge in [0.25, 0.3) is 0 Å². The van der Waals surface area contributed by atoms with Gasteiger partial charge in [-0.15, -0.1) is 0 Å². The van der Waals surface area contributed by atoms with E-state index in [1.807, 2.05) is 35.0 Å². The summed E-state index contributed by atoms with van der Waals surface area (Å²) < 4.78 is 7.58. The third kappa shape index (κ3) is 2.53. The topological polar surface area (TPSA) is 50.7 Å². The Morgan fingerprint density at radius 1 is 0.957 bits per heavy atom. The fraction of sp³-hybridized carbons (Fsp3) is 0.105. The van der Waals surface area contributed by atoms with Gasteiger partial charge in [0.15, 0.2) is 0 Å². The Morgan fingerprint density at radius 2 is 1.74 bits per heavy atom. The van der Waals surface area contributed by atoms with Gasteiger partial charge >= 0.3 is 0 Å². The monoisotopic (exact) mass is 304 g/mol. The summed E-state index contributed by atoms with van der Waals surface area (Å²) in [7, 11) is 0. The number of furan rings is 1. The van der Waals surface area contributed by atoms with E-state index in [1.165, 1.54) is 5.56 Å². The maximum atomic E-state index is 9.11. The van der Waals surface area contributed by atoms with Crippen molar-refractivity contribution in [2.45, 2.75) is 13.5 Å². The Balaban J connectivity index is 1.75. The van der Waals surface area contributed by atoms with Crippen LogP contribution in [-0.4, -0.2) is 14.5 Å². The normalized spacial score (nSPS) is 11.2. The lowest BCUT2D eigenvalue weighted by Crippen LogP contribution is -1.84. The summed E-state index contributed by atoms with van der Waals surface area (Å²) in [6, 6.07) is 15.9. The second kappa shape index (κ2) is 5.41. The summed E-state index contributed by atoms with van der Waals surface area (Å²) in [4.78, 5) is 4.66. The highest BCUT2D eigenvalue weighted by Gasteiger charge is 2.08. The minimum Gasteiger partial charge on any atom is -0.459 e. The first-order chi connectivity index (χ1) is 11.2. The number of aryl methyl sites for hydroxylation is 1. The molecule has 4 aromatic rings. The van der Waals surface area contributed by atoms with Crippen molar-refractivity contribution in [2.24, 2.45) is 0 Å². The highest BCUT2D eigenvalue weighted by atomic mass is 16.4. The van der Waals surface area contributed by atoms with Crippen molar-refractivity contribution < 1.29 is 9.52 Å². The van der Waals surface area contributed by atoms with Crippen LogP contribution in [0.15, 0.2) is 65.3 Å². The molecule has 0 spiro atoms. The van der Waals surface area contributed by atoms with E-state index in [1.54, 1.807) is 6.07 Å². The zero-order valence-electron chi connectivity index (χ0n) is 12.7. The zero-order chi connectivity index (χ0) is 15.8. The van der Waals surface area contributed by atoms with Crippen molar-refractivity contribution in [1.82, 2.24) is 9.38 Å². The number of pyridine rings is 1. The number of fused-ring (bicyclic) bond motifs is 1. The highest BCUT2D eigenvalue weighted by Crippen LogP contribution is 2.25. The molecule has 4 heteroatoms. The Hall–Kier alpha value is -2.85. The SMILES string of the molecule is Cc1ccc(-c2cn3cc(-c4ccc(CO)o4)ccc3n2)cc1. The predicted molar refractivity (Wildman–Crippen MR) is 89.0 cm³/mol. The Morgan fingerprint density at radius 3 is 2.48 bits per heavy atom. The second-order valence-electron chi connectivity index (χ2n) is 5.60. The molecule has 4 nitrogen and oxygen atoms in total. The first-order valence-corrected chi connectivity index (χ1v) is 7.49. The maximum absolute atomic E-state index is 9.11. The van der Waals surface area contributed by atoms with Crippen LogP contribution in [0.5, 0.6) is 0 Å². The van der Waals surface area contributed by atoms with E-state index >= 15 is 0 Å². The molecule has 23 heavy (non-hydrogen) atoms. The van der Waals surface area contributed by atoms with Gasteiger partial charge < -0.3 is 13.9 Å². The first-order valence-electron chi connectivity index (χ1n) is 7.49. The van der Waals surface area contributed by atoms with E-state index < -0.39 is 0 Å². The van der Waals surface area contributed by atoms with E-state index in [9.17, 15) is 0 Å². The second-order valence-corrected chi connectivity index (χ2v) is 5.60. The summed E-state index contributed by atoms with van der Waals surface area (Å²) >= 11 is 0. The van der Waals surface area contributed by atoms with Crippen LogP contribution in [0.25, 0.3) is 28.2 Å². The quantitative estimate of drug-likeness (QED) is 0.621. The van der Waals surface area contributed by atoms with Crippen molar-refractivity contribution in [2.75, 3.05) is 0 Å². The van der Waals surface area contributed by atoms with Crippen molar-refractivity contribution in [3.05, 3.63) is 72.2 Å². The van der Waals surface area contributed by atoms with Crippen molar-refractivity contribution in [3.63, 3.8) is 0 Å². The molecule has 1 aromatic carbocycles. The molecule has 0 aliphatic carbocycles. The molecule has 1 N–H and O–H groups in total. The smallest absolute Gasteiger partial charge is 0.137 e. The number of aromatic nitrogens is 2. The molecule has 0 bridgehead atoms. The van der Waals surface area contributed by atoms with Gasteiger partial charge in [0.1, 0.15) is 23.8 Å². The molecule has 0 saturated carbocycles. The highest BCUT2D eigenvalue weighted by molar-refractivity contribution is 5.65. The molecular formula is C19H16N2O2. The van der Waals surface area contributed by atoms with E-state index in [0.29, 0.717) is 5.76 Å². The molecule has 3 heterocycles. The van der Waals surface area contributed by atoms with E-state index in [4.69, 9.17) is 9.52 Å². The first kappa shape index (κ1) is 13.8. The number of benzene rings is 1. The molecule has 0 atom stereocenters. The lowest BCUT2D eigenvalue weighted by Gasteiger charge is -1.98. The van der Waals surface area contributed by atoms with Crippen LogP contribution in [0, 0.1) is 6.92 Å². The number of rotatable bonds is 3. The van der Waals surface area contributed by atoms with Crippen LogP contribution < -0.4 is 0 Å². The van der Waals surface area contributed by atoms with Crippen LogP contribution in [0.1, 0.15) is 11.3 Å². The van der Waals surface area contributed by atoms with Gasteiger partial charge in [0.2, 0.25) is 0 Å². The molecule has 0 aliphatic heterocycles. The molecule has 0 unspecified atom stereocenters. The summed E-state index contributed by atoms with van der Waals surface area (Å²) in [5.41, 5.74) is 5.11. The lowest BCUT2D eigenvalue weighted by molar-refractivity contribution is 0.248. The van der Waals surface area contributed by atoms with Crippen LogP contribution in [0.4, 0.5) is 0 Å². The zero-order valence-corrected chi connectivity index (χ0v) is 12.7. The number of imidazole rings is 1. The lowest BCUT2D eigenvalue weighted by atomic mass is 10.1.